The van der Waals surface area contributed by atoms with Gasteiger partial charge in [-0.05, 0) is 35.4 Å². The molecule has 0 aliphatic rings. The zero-order chi connectivity index (χ0) is 15.6. The molecule has 1 aromatic rings. The maximum atomic E-state index is 12.2. The highest BCUT2D eigenvalue weighted by atomic mass is 32.2. The number of aryl methyl sites for hydroxylation is 1. The summed E-state index contributed by atoms with van der Waals surface area (Å²) in [6.07, 6.45) is 0.792. The average molecular weight is 298 g/mol. The maximum absolute atomic E-state index is 12.2. The molecule has 0 aliphatic carbocycles. The molecule has 1 atom stereocenters. The Morgan fingerprint density at radius 3 is 2.35 bits per heavy atom. The number of benzene rings is 1. The van der Waals surface area contributed by atoms with Crippen LogP contribution < -0.4 is 10.5 Å². The zero-order valence-corrected chi connectivity index (χ0v) is 13.8. The topological polar surface area (TPSA) is 72.2 Å². The first kappa shape index (κ1) is 17.0. The van der Waals surface area contributed by atoms with E-state index in [0.29, 0.717) is 12.2 Å². The van der Waals surface area contributed by atoms with Crippen LogP contribution in [0.2, 0.25) is 0 Å². The lowest BCUT2D eigenvalue weighted by atomic mass is 9.82. The first-order valence-corrected chi connectivity index (χ1v) is 8.44. The van der Waals surface area contributed by atoms with Crippen molar-refractivity contribution in [2.45, 2.75) is 45.9 Å². The van der Waals surface area contributed by atoms with Gasteiger partial charge >= 0.3 is 0 Å². The van der Waals surface area contributed by atoms with Gasteiger partial charge in [-0.2, -0.15) is 0 Å². The molecule has 0 fully saturated rings. The highest BCUT2D eigenvalue weighted by Gasteiger charge is 2.23. The molecule has 1 unspecified atom stereocenters. The molecule has 114 valence electrons. The molecule has 5 heteroatoms. The van der Waals surface area contributed by atoms with E-state index in [9.17, 15) is 8.42 Å². The van der Waals surface area contributed by atoms with Crippen LogP contribution in [0, 0.1) is 11.3 Å². The first-order chi connectivity index (χ1) is 9.08. The quantitative estimate of drug-likeness (QED) is 0.821. The van der Waals surface area contributed by atoms with E-state index in [2.05, 4.69) is 25.5 Å². The van der Waals surface area contributed by atoms with E-state index in [1.807, 2.05) is 13.8 Å². The zero-order valence-electron chi connectivity index (χ0n) is 13.0. The normalized spacial score (nSPS) is 14.2. The van der Waals surface area contributed by atoms with Crippen LogP contribution in [-0.4, -0.2) is 15.0 Å². The molecular weight excluding hydrogens is 272 g/mol. The lowest BCUT2D eigenvalue weighted by Crippen LogP contribution is -2.33. The Kier molecular flexibility index (Phi) is 5.21. The number of nitrogens with one attached hydrogen (secondary N) is 1. The second kappa shape index (κ2) is 6.14. The Hall–Kier alpha value is -1.07. The van der Waals surface area contributed by atoms with Crippen LogP contribution in [0.4, 0.5) is 5.69 Å². The molecule has 20 heavy (non-hydrogen) atoms. The van der Waals surface area contributed by atoms with E-state index in [1.165, 1.54) is 6.07 Å². The summed E-state index contributed by atoms with van der Waals surface area (Å²) in [4.78, 5) is 0.230. The molecule has 1 aromatic carbocycles. The standard InChI is InChI=1S/C15H26N2O2S/c1-6-12-7-8-13(9-14(12)16)20(18,19)17-10-11(2)15(3,4)5/h7-9,11,17H,6,10,16H2,1-5H3. The van der Waals surface area contributed by atoms with E-state index >= 15 is 0 Å². The van der Waals surface area contributed by atoms with Gasteiger partial charge in [0.05, 0.1) is 4.90 Å². The van der Waals surface area contributed by atoms with Gasteiger partial charge in [-0.15, -0.1) is 0 Å². The number of hydrogen-bond donors (Lipinski definition) is 2. The van der Waals surface area contributed by atoms with Gasteiger partial charge in [0.2, 0.25) is 10.0 Å². The third-order valence-electron chi connectivity index (χ3n) is 3.87. The monoisotopic (exact) mass is 298 g/mol. The fraction of sp³-hybridized carbons (Fsp3) is 0.600. The van der Waals surface area contributed by atoms with Crippen molar-refractivity contribution in [2.24, 2.45) is 11.3 Å². The van der Waals surface area contributed by atoms with Crippen molar-refractivity contribution in [1.82, 2.24) is 4.72 Å². The summed E-state index contributed by atoms with van der Waals surface area (Å²) in [6, 6.07) is 4.92. The Labute approximate surface area is 122 Å². The molecular formula is C15H26N2O2S. The minimum Gasteiger partial charge on any atom is -0.398 e. The highest BCUT2D eigenvalue weighted by molar-refractivity contribution is 7.89. The number of hydrogen-bond acceptors (Lipinski definition) is 3. The Morgan fingerprint density at radius 2 is 1.90 bits per heavy atom. The van der Waals surface area contributed by atoms with Gasteiger partial charge in [-0.1, -0.05) is 40.7 Å². The minimum atomic E-state index is -3.49. The number of nitrogen functional groups attached to an aromatic ring is 1. The molecule has 0 bridgehead atoms. The summed E-state index contributed by atoms with van der Waals surface area (Å²) in [5.74, 6) is 0.240. The molecule has 0 saturated carbocycles. The summed E-state index contributed by atoms with van der Waals surface area (Å²) < 4.78 is 27.2. The maximum Gasteiger partial charge on any atom is 0.240 e. The van der Waals surface area contributed by atoms with E-state index in [0.717, 1.165) is 12.0 Å². The molecule has 0 aliphatic heterocycles. The first-order valence-electron chi connectivity index (χ1n) is 6.96. The molecule has 1 rings (SSSR count). The van der Waals surface area contributed by atoms with Crippen molar-refractivity contribution in [3.05, 3.63) is 23.8 Å². The van der Waals surface area contributed by atoms with Gasteiger partial charge in [0.15, 0.2) is 0 Å². The van der Waals surface area contributed by atoms with Crippen LogP contribution in [0.5, 0.6) is 0 Å². The van der Waals surface area contributed by atoms with Gasteiger partial charge in [0, 0.05) is 12.2 Å². The summed E-state index contributed by atoms with van der Waals surface area (Å²) in [6.45, 7) is 10.7. The fourth-order valence-electron chi connectivity index (χ4n) is 1.69. The highest BCUT2D eigenvalue weighted by Crippen LogP contribution is 2.25. The fourth-order valence-corrected chi connectivity index (χ4v) is 2.85. The van der Waals surface area contributed by atoms with E-state index in [4.69, 9.17) is 5.73 Å². The number of nitrogens with two attached hydrogens (primary N) is 1. The summed E-state index contributed by atoms with van der Waals surface area (Å²) in [5.41, 5.74) is 7.42. The molecule has 4 nitrogen and oxygen atoms in total. The Morgan fingerprint density at radius 1 is 1.30 bits per heavy atom. The second-order valence-corrected chi connectivity index (χ2v) is 8.10. The van der Waals surface area contributed by atoms with Crippen molar-refractivity contribution in [1.29, 1.82) is 0 Å². The molecule has 0 amide bonds. The lowest BCUT2D eigenvalue weighted by molar-refractivity contribution is 0.263. The van der Waals surface area contributed by atoms with Crippen molar-refractivity contribution in [3.63, 3.8) is 0 Å². The second-order valence-electron chi connectivity index (χ2n) is 6.33. The largest absolute Gasteiger partial charge is 0.398 e. The lowest BCUT2D eigenvalue weighted by Gasteiger charge is -2.27. The predicted molar refractivity (Wildman–Crippen MR) is 84.0 cm³/mol. The number of anilines is 1. The van der Waals surface area contributed by atoms with Crippen LogP contribution in [0.25, 0.3) is 0 Å². The van der Waals surface area contributed by atoms with Gasteiger partial charge in [-0.25, -0.2) is 13.1 Å². The predicted octanol–water partition coefficient (Wildman–Crippen LogP) is 2.79. The third-order valence-corrected chi connectivity index (χ3v) is 5.29. The van der Waals surface area contributed by atoms with Crippen LogP contribution >= 0.6 is 0 Å². The van der Waals surface area contributed by atoms with E-state index < -0.39 is 10.0 Å². The van der Waals surface area contributed by atoms with Gasteiger partial charge in [-0.3, -0.25) is 0 Å². The number of sulfonamides is 1. The SMILES string of the molecule is CCc1ccc(S(=O)(=O)NCC(C)C(C)(C)C)cc1N. The van der Waals surface area contributed by atoms with Crippen LogP contribution in [0.1, 0.15) is 40.2 Å². The smallest absolute Gasteiger partial charge is 0.240 e. The van der Waals surface area contributed by atoms with Gasteiger partial charge in [0.25, 0.3) is 0 Å². The van der Waals surface area contributed by atoms with Crippen molar-refractivity contribution in [2.75, 3.05) is 12.3 Å². The Balaban J connectivity index is 2.87. The minimum absolute atomic E-state index is 0.0631. The third kappa shape index (κ3) is 4.21. The molecule has 0 radical (unpaired) electrons. The summed E-state index contributed by atoms with van der Waals surface area (Å²) in [5, 5.41) is 0. The van der Waals surface area contributed by atoms with E-state index in [-0.39, 0.29) is 16.2 Å². The van der Waals surface area contributed by atoms with Crippen molar-refractivity contribution >= 4 is 15.7 Å². The van der Waals surface area contributed by atoms with Gasteiger partial charge < -0.3 is 5.73 Å². The van der Waals surface area contributed by atoms with Crippen molar-refractivity contribution in [3.8, 4) is 0 Å². The molecule has 0 saturated heterocycles. The number of rotatable bonds is 5. The molecule has 0 heterocycles. The molecule has 3 N–H and O–H groups in total. The van der Waals surface area contributed by atoms with Crippen LogP contribution in [-0.2, 0) is 16.4 Å². The molecule has 0 spiro atoms. The van der Waals surface area contributed by atoms with Crippen LogP contribution in [0.15, 0.2) is 23.1 Å². The van der Waals surface area contributed by atoms with Crippen molar-refractivity contribution < 1.29 is 8.42 Å². The van der Waals surface area contributed by atoms with Gasteiger partial charge in [0.1, 0.15) is 0 Å². The summed E-state index contributed by atoms with van der Waals surface area (Å²) in [7, 11) is -3.49. The molecule has 0 aromatic heterocycles. The summed E-state index contributed by atoms with van der Waals surface area (Å²) >= 11 is 0. The Bertz CT molecular complexity index is 560. The van der Waals surface area contributed by atoms with Crippen LogP contribution in [0.3, 0.4) is 0 Å². The average Bonchev–Trinajstić information content (AvgIpc) is 2.34. The van der Waals surface area contributed by atoms with E-state index in [1.54, 1.807) is 12.1 Å².